The molecule has 1 aliphatic carbocycles. The fourth-order valence-corrected chi connectivity index (χ4v) is 4.26. The molecule has 3 rings (SSSR count). The van der Waals surface area contributed by atoms with Crippen LogP contribution in [0.5, 0.6) is 0 Å². The number of likely N-dealkylation sites (tertiary alicyclic amines) is 1. The summed E-state index contributed by atoms with van der Waals surface area (Å²) in [6.45, 7) is 4.44. The molecule has 1 heterocycles. The van der Waals surface area contributed by atoms with Gasteiger partial charge in [-0.05, 0) is 51.3 Å². The van der Waals surface area contributed by atoms with E-state index in [2.05, 4.69) is 47.2 Å². The van der Waals surface area contributed by atoms with Crippen LogP contribution in [-0.4, -0.2) is 53.2 Å². The van der Waals surface area contributed by atoms with E-state index < -0.39 is 0 Å². The smallest absolute Gasteiger partial charge is 0.0660 e. The summed E-state index contributed by atoms with van der Waals surface area (Å²) in [6.07, 6.45) is 7.97. The maximum atomic E-state index is 10.5. The Morgan fingerprint density at radius 1 is 1.17 bits per heavy atom. The van der Waals surface area contributed by atoms with Crippen LogP contribution in [0.2, 0.25) is 0 Å². The largest absolute Gasteiger partial charge is 0.390 e. The van der Waals surface area contributed by atoms with Gasteiger partial charge in [0, 0.05) is 25.7 Å². The van der Waals surface area contributed by atoms with Crippen LogP contribution < -0.4 is 0 Å². The maximum Gasteiger partial charge on any atom is 0.0660 e. The molecular formula is C20H32N2O. The number of aliphatic hydroxyl groups is 1. The van der Waals surface area contributed by atoms with Crippen molar-refractivity contribution in [2.45, 2.75) is 63.1 Å². The molecule has 0 radical (unpaired) electrons. The number of benzene rings is 1. The van der Waals surface area contributed by atoms with Gasteiger partial charge >= 0.3 is 0 Å². The average Bonchev–Trinajstić information content (AvgIpc) is 3.17. The summed E-state index contributed by atoms with van der Waals surface area (Å²) < 4.78 is 0. The van der Waals surface area contributed by atoms with Gasteiger partial charge in [-0.25, -0.2) is 0 Å². The third kappa shape index (κ3) is 4.79. The highest BCUT2D eigenvalue weighted by molar-refractivity contribution is 5.14. The van der Waals surface area contributed by atoms with Crippen molar-refractivity contribution in [3.63, 3.8) is 0 Å². The first-order valence-electron chi connectivity index (χ1n) is 9.34. The molecular weight excluding hydrogens is 284 g/mol. The van der Waals surface area contributed by atoms with Crippen molar-refractivity contribution in [1.29, 1.82) is 0 Å². The van der Waals surface area contributed by atoms with Crippen LogP contribution in [0.4, 0.5) is 0 Å². The number of likely N-dealkylation sites (N-methyl/N-ethyl adjacent to an activating group) is 1. The number of rotatable bonds is 7. The molecule has 1 saturated carbocycles. The van der Waals surface area contributed by atoms with Gasteiger partial charge in [-0.15, -0.1) is 0 Å². The van der Waals surface area contributed by atoms with Crippen LogP contribution in [0.25, 0.3) is 0 Å². The molecule has 0 unspecified atom stereocenters. The minimum absolute atomic E-state index is 0.367. The summed E-state index contributed by atoms with van der Waals surface area (Å²) in [7, 11) is 2.22. The van der Waals surface area contributed by atoms with E-state index in [4.69, 9.17) is 0 Å². The second-order valence-electron chi connectivity index (χ2n) is 7.70. The summed E-state index contributed by atoms with van der Waals surface area (Å²) in [5.41, 5.74) is 1.05. The zero-order valence-corrected chi connectivity index (χ0v) is 14.6. The Morgan fingerprint density at radius 2 is 1.91 bits per heavy atom. The Morgan fingerprint density at radius 3 is 2.65 bits per heavy atom. The molecule has 2 fully saturated rings. The Bertz CT molecular complexity index is 470. The standard InChI is InChI=1S/C20H32N2O/c1-21(15-13-20(23)11-5-6-12-20)17-19-10-7-14-22(19)16-18-8-3-2-4-9-18/h2-4,8-9,19,23H,5-7,10-17H2,1H3/t19-/m1/s1. The van der Waals surface area contributed by atoms with Crippen molar-refractivity contribution in [3.8, 4) is 0 Å². The highest BCUT2D eigenvalue weighted by Crippen LogP contribution is 2.32. The zero-order chi connectivity index (χ0) is 16.1. The summed E-state index contributed by atoms with van der Waals surface area (Å²) in [4.78, 5) is 5.07. The van der Waals surface area contributed by atoms with E-state index in [1.807, 2.05) is 0 Å². The molecule has 1 aliphatic heterocycles. The van der Waals surface area contributed by atoms with Crippen molar-refractivity contribution in [2.75, 3.05) is 26.7 Å². The third-order valence-corrected chi connectivity index (χ3v) is 5.74. The van der Waals surface area contributed by atoms with Crippen LogP contribution in [-0.2, 0) is 6.54 Å². The molecule has 2 aliphatic rings. The van der Waals surface area contributed by atoms with Gasteiger partial charge in [-0.2, -0.15) is 0 Å². The van der Waals surface area contributed by atoms with Gasteiger partial charge in [0.2, 0.25) is 0 Å². The predicted octanol–water partition coefficient (Wildman–Crippen LogP) is 3.28. The van der Waals surface area contributed by atoms with E-state index in [0.717, 1.165) is 38.9 Å². The second kappa shape index (κ2) is 7.78. The zero-order valence-electron chi connectivity index (χ0n) is 14.6. The van der Waals surface area contributed by atoms with Crippen LogP contribution >= 0.6 is 0 Å². The molecule has 3 heteroatoms. The molecule has 1 aromatic rings. The van der Waals surface area contributed by atoms with Gasteiger partial charge in [0.05, 0.1) is 5.60 Å². The van der Waals surface area contributed by atoms with Gasteiger partial charge in [-0.1, -0.05) is 43.2 Å². The maximum absolute atomic E-state index is 10.5. The lowest BCUT2D eigenvalue weighted by atomic mass is 9.98. The lowest BCUT2D eigenvalue weighted by Crippen LogP contribution is -2.40. The minimum Gasteiger partial charge on any atom is -0.390 e. The fourth-order valence-electron chi connectivity index (χ4n) is 4.26. The molecule has 3 nitrogen and oxygen atoms in total. The normalized spacial score (nSPS) is 24.6. The van der Waals surface area contributed by atoms with Crippen LogP contribution in [0.1, 0.15) is 50.5 Å². The number of hydrogen-bond donors (Lipinski definition) is 1. The molecule has 1 saturated heterocycles. The molecule has 1 N–H and O–H groups in total. The summed E-state index contributed by atoms with van der Waals surface area (Å²) in [5.74, 6) is 0. The van der Waals surface area contributed by atoms with E-state index in [1.165, 1.54) is 37.8 Å². The Hall–Kier alpha value is -0.900. The Labute approximate surface area is 141 Å². The van der Waals surface area contributed by atoms with Gasteiger partial charge in [0.1, 0.15) is 0 Å². The lowest BCUT2D eigenvalue weighted by Gasteiger charge is -2.31. The fraction of sp³-hybridized carbons (Fsp3) is 0.700. The second-order valence-corrected chi connectivity index (χ2v) is 7.70. The molecule has 0 aromatic heterocycles. The van der Waals surface area contributed by atoms with Crippen molar-refractivity contribution in [1.82, 2.24) is 9.80 Å². The molecule has 1 atom stereocenters. The third-order valence-electron chi connectivity index (χ3n) is 5.74. The van der Waals surface area contributed by atoms with Crippen molar-refractivity contribution < 1.29 is 5.11 Å². The highest BCUT2D eigenvalue weighted by Gasteiger charge is 2.31. The van der Waals surface area contributed by atoms with Crippen LogP contribution in [0.15, 0.2) is 30.3 Å². The average molecular weight is 316 g/mol. The number of hydrogen-bond acceptors (Lipinski definition) is 3. The predicted molar refractivity (Wildman–Crippen MR) is 95.4 cm³/mol. The van der Waals surface area contributed by atoms with E-state index in [9.17, 15) is 5.11 Å². The topological polar surface area (TPSA) is 26.7 Å². The van der Waals surface area contributed by atoms with Gasteiger partial charge in [0.15, 0.2) is 0 Å². The Balaban J connectivity index is 1.46. The molecule has 0 spiro atoms. The Kier molecular flexibility index (Phi) is 5.73. The molecule has 23 heavy (non-hydrogen) atoms. The highest BCUT2D eigenvalue weighted by atomic mass is 16.3. The van der Waals surface area contributed by atoms with Crippen LogP contribution in [0, 0.1) is 0 Å². The van der Waals surface area contributed by atoms with E-state index in [1.54, 1.807) is 0 Å². The van der Waals surface area contributed by atoms with Gasteiger partial charge < -0.3 is 10.0 Å². The van der Waals surface area contributed by atoms with Crippen molar-refractivity contribution in [2.24, 2.45) is 0 Å². The number of nitrogens with zero attached hydrogens (tertiary/aromatic N) is 2. The van der Waals surface area contributed by atoms with Gasteiger partial charge in [0.25, 0.3) is 0 Å². The quantitative estimate of drug-likeness (QED) is 0.836. The van der Waals surface area contributed by atoms with E-state index in [-0.39, 0.29) is 5.60 Å². The molecule has 128 valence electrons. The SMILES string of the molecule is CN(CCC1(O)CCCC1)C[C@H]1CCCN1Cc1ccccc1. The van der Waals surface area contributed by atoms with E-state index in [0.29, 0.717) is 6.04 Å². The van der Waals surface area contributed by atoms with Crippen LogP contribution in [0.3, 0.4) is 0 Å². The molecule has 1 aromatic carbocycles. The molecule has 0 bridgehead atoms. The summed E-state index contributed by atoms with van der Waals surface area (Å²) in [6, 6.07) is 11.5. The monoisotopic (exact) mass is 316 g/mol. The van der Waals surface area contributed by atoms with Gasteiger partial charge in [-0.3, -0.25) is 4.90 Å². The molecule has 0 amide bonds. The first-order chi connectivity index (χ1) is 11.1. The summed E-state index contributed by atoms with van der Waals surface area (Å²) in [5, 5.41) is 10.5. The van der Waals surface area contributed by atoms with Crippen molar-refractivity contribution >= 4 is 0 Å². The lowest BCUT2D eigenvalue weighted by molar-refractivity contribution is 0.0283. The summed E-state index contributed by atoms with van der Waals surface area (Å²) >= 11 is 0. The first-order valence-corrected chi connectivity index (χ1v) is 9.34. The van der Waals surface area contributed by atoms with Crippen molar-refractivity contribution in [3.05, 3.63) is 35.9 Å². The minimum atomic E-state index is -0.367. The van der Waals surface area contributed by atoms with E-state index >= 15 is 0 Å². The first kappa shape index (κ1) is 16.9.